The summed E-state index contributed by atoms with van der Waals surface area (Å²) >= 11 is 0. The largest absolute Gasteiger partial charge is 0.497 e. The molecule has 0 aliphatic carbocycles. The molecule has 0 aromatic carbocycles. The van der Waals surface area contributed by atoms with Gasteiger partial charge in [0, 0.05) is 17.5 Å². The summed E-state index contributed by atoms with van der Waals surface area (Å²) in [6.45, 7) is 5.33. The van der Waals surface area contributed by atoms with Gasteiger partial charge in [0.25, 0.3) is 0 Å². The van der Waals surface area contributed by atoms with Crippen LogP contribution in [-0.4, -0.2) is 7.11 Å². The molecule has 0 radical (unpaired) electrons. The highest BCUT2D eigenvalue weighted by Crippen LogP contribution is 1.98. The first-order valence-electron chi connectivity index (χ1n) is 3.20. The molecule has 0 aromatic heterocycles. The molecule has 0 aliphatic heterocycles. The van der Waals surface area contributed by atoms with Crippen molar-refractivity contribution in [3.63, 3.8) is 0 Å². The van der Waals surface area contributed by atoms with E-state index in [4.69, 9.17) is 16.2 Å². The van der Waals surface area contributed by atoms with Gasteiger partial charge in [0.1, 0.15) is 5.76 Å². The van der Waals surface area contributed by atoms with Gasteiger partial charge in [0.2, 0.25) is 0 Å². The van der Waals surface area contributed by atoms with Crippen LogP contribution in [0.2, 0.25) is 0 Å². The van der Waals surface area contributed by atoms with Crippen LogP contribution in [-0.2, 0) is 4.74 Å². The molecule has 0 amide bonds. The van der Waals surface area contributed by atoms with Crippen molar-refractivity contribution in [3.8, 4) is 0 Å². The van der Waals surface area contributed by atoms with E-state index in [0.717, 1.165) is 0 Å². The quantitative estimate of drug-likeness (QED) is 0.468. The summed E-state index contributed by atoms with van der Waals surface area (Å²) < 4.78 is 4.78. The average Bonchev–Trinajstić information content (AvgIpc) is 1.85. The van der Waals surface area contributed by atoms with Crippen molar-refractivity contribution in [2.24, 2.45) is 11.5 Å². The third-order valence-electron chi connectivity index (χ3n) is 0.984. The Balaban J connectivity index is 4.23. The SMILES string of the molecule is C=C(/C=C(N)\C=C(/C)N)OC. The smallest absolute Gasteiger partial charge is 0.113 e. The molecule has 0 bridgehead atoms. The normalized spacial score (nSPS) is 12.9. The van der Waals surface area contributed by atoms with Gasteiger partial charge in [-0.05, 0) is 13.0 Å². The average molecular weight is 154 g/mol. The Bertz CT molecular complexity index is 200. The van der Waals surface area contributed by atoms with Crippen LogP contribution < -0.4 is 11.5 Å². The summed E-state index contributed by atoms with van der Waals surface area (Å²) in [7, 11) is 1.53. The first-order chi connectivity index (χ1) is 5.06. The topological polar surface area (TPSA) is 61.3 Å². The maximum atomic E-state index is 5.52. The highest BCUT2D eigenvalue weighted by molar-refractivity contribution is 5.24. The molecule has 4 N–H and O–H groups in total. The third kappa shape index (κ3) is 5.08. The van der Waals surface area contributed by atoms with E-state index in [-0.39, 0.29) is 0 Å². The zero-order valence-electron chi connectivity index (χ0n) is 6.92. The summed E-state index contributed by atoms with van der Waals surface area (Å²) in [4.78, 5) is 0. The Morgan fingerprint density at radius 2 is 1.91 bits per heavy atom. The maximum Gasteiger partial charge on any atom is 0.113 e. The van der Waals surface area contributed by atoms with Gasteiger partial charge in [-0.25, -0.2) is 0 Å². The van der Waals surface area contributed by atoms with Crippen LogP contribution in [0.5, 0.6) is 0 Å². The molecule has 0 heterocycles. The molecular formula is C8H14N2O. The van der Waals surface area contributed by atoms with Gasteiger partial charge in [0.05, 0.1) is 7.11 Å². The van der Waals surface area contributed by atoms with Gasteiger partial charge in [0.15, 0.2) is 0 Å². The molecular weight excluding hydrogens is 140 g/mol. The molecule has 0 aliphatic rings. The van der Waals surface area contributed by atoms with Gasteiger partial charge in [-0.15, -0.1) is 0 Å². The summed E-state index contributed by atoms with van der Waals surface area (Å²) in [5.74, 6) is 0.514. The molecule has 62 valence electrons. The molecule has 0 saturated heterocycles. The maximum absolute atomic E-state index is 5.52. The number of methoxy groups -OCH3 is 1. The molecule has 0 rings (SSSR count). The predicted octanol–water partition coefficient (Wildman–Crippen LogP) is 0.852. The van der Waals surface area contributed by atoms with Crippen LogP contribution in [0.15, 0.2) is 35.9 Å². The minimum atomic E-state index is 0.514. The number of ether oxygens (including phenoxy) is 1. The van der Waals surface area contributed by atoms with Crippen molar-refractivity contribution >= 4 is 0 Å². The van der Waals surface area contributed by atoms with Crippen LogP contribution >= 0.6 is 0 Å². The van der Waals surface area contributed by atoms with Crippen LogP contribution in [0.1, 0.15) is 6.92 Å². The number of nitrogens with two attached hydrogens (primary N) is 2. The Morgan fingerprint density at radius 1 is 1.36 bits per heavy atom. The van der Waals surface area contributed by atoms with E-state index in [0.29, 0.717) is 17.2 Å². The van der Waals surface area contributed by atoms with Crippen LogP contribution in [0, 0.1) is 0 Å². The molecule has 0 atom stereocenters. The van der Waals surface area contributed by atoms with Crippen LogP contribution in [0.3, 0.4) is 0 Å². The highest BCUT2D eigenvalue weighted by Gasteiger charge is 1.87. The molecule has 11 heavy (non-hydrogen) atoms. The van der Waals surface area contributed by atoms with Gasteiger partial charge in [-0.1, -0.05) is 6.58 Å². The van der Waals surface area contributed by atoms with Crippen molar-refractivity contribution < 1.29 is 4.74 Å². The second-order valence-electron chi connectivity index (χ2n) is 2.20. The van der Waals surface area contributed by atoms with E-state index in [1.165, 1.54) is 7.11 Å². The standard InChI is InChI=1S/C8H14N2O/c1-6(9)4-8(10)5-7(2)11-3/h4-5H,2,9-10H2,1,3H3/b6-4+,8-5+. The zero-order valence-corrected chi connectivity index (χ0v) is 6.92. The fourth-order valence-electron chi connectivity index (χ4n) is 0.549. The lowest BCUT2D eigenvalue weighted by Crippen LogP contribution is -1.99. The molecule has 0 aromatic rings. The Kier molecular flexibility index (Phi) is 3.88. The van der Waals surface area contributed by atoms with E-state index < -0.39 is 0 Å². The number of hydrogen-bond donors (Lipinski definition) is 2. The zero-order chi connectivity index (χ0) is 8.85. The third-order valence-corrected chi connectivity index (χ3v) is 0.984. The van der Waals surface area contributed by atoms with Crippen molar-refractivity contribution in [2.45, 2.75) is 6.92 Å². The molecule has 0 unspecified atom stereocenters. The molecule has 0 fully saturated rings. The Labute approximate surface area is 67.0 Å². The van der Waals surface area contributed by atoms with E-state index in [1.54, 1.807) is 19.1 Å². The minimum absolute atomic E-state index is 0.514. The lowest BCUT2D eigenvalue weighted by molar-refractivity contribution is 0.308. The van der Waals surface area contributed by atoms with Gasteiger partial charge in [-0.3, -0.25) is 0 Å². The monoisotopic (exact) mass is 154 g/mol. The van der Waals surface area contributed by atoms with Crippen molar-refractivity contribution in [1.82, 2.24) is 0 Å². The number of allylic oxidation sites excluding steroid dienone is 3. The first kappa shape index (κ1) is 9.62. The summed E-state index contributed by atoms with van der Waals surface area (Å²) in [5.41, 5.74) is 12.1. The van der Waals surface area contributed by atoms with Crippen molar-refractivity contribution in [1.29, 1.82) is 0 Å². The second kappa shape index (κ2) is 4.44. The predicted molar refractivity (Wildman–Crippen MR) is 46.4 cm³/mol. The molecule has 3 heteroatoms. The van der Waals surface area contributed by atoms with Gasteiger partial charge >= 0.3 is 0 Å². The molecule has 0 saturated carbocycles. The highest BCUT2D eigenvalue weighted by atomic mass is 16.5. The lowest BCUT2D eigenvalue weighted by Gasteiger charge is -1.98. The van der Waals surface area contributed by atoms with Crippen LogP contribution in [0.4, 0.5) is 0 Å². The fraction of sp³-hybridized carbons (Fsp3) is 0.250. The van der Waals surface area contributed by atoms with E-state index >= 15 is 0 Å². The van der Waals surface area contributed by atoms with Gasteiger partial charge in [-0.2, -0.15) is 0 Å². The second-order valence-corrected chi connectivity index (χ2v) is 2.20. The first-order valence-corrected chi connectivity index (χ1v) is 3.20. The van der Waals surface area contributed by atoms with E-state index in [1.807, 2.05) is 0 Å². The molecule has 0 spiro atoms. The number of hydrogen-bond acceptors (Lipinski definition) is 3. The minimum Gasteiger partial charge on any atom is -0.497 e. The van der Waals surface area contributed by atoms with Crippen LogP contribution in [0.25, 0.3) is 0 Å². The van der Waals surface area contributed by atoms with Gasteiger partial charge < -0.3 is 16.2 Å². The van der Waals surface area contributed by atoms with E-state index in [9.17, 15) is 0 Å². The summed E-state index contributed by atoms with van der Waals surface area (Å²) in [5, 5.41) is 0. The van der Waals surface area contributed by atoms with Crippen molar-refractivity contribution in [2.75, 3.05) is 7.11 Å². The van der Waals surface area contributed by atoms with E-state index in [2.05, 4.69) is 6.58 Å². The van der Waals surface area contributed by atoms with Crippen molar-refractivity contribution in [3.05, 3.63) is 35.9 Å². The summed E-state index contributed by atoms with van der Waals surface area (Å²) in [6.07, 6.45) is 3.25. The molecule has 3 nitrogen and oxygen atoms in total. The lowest BCUT2D eigenvalue weighted by atomic mass is 10.3. The Morgan fingerprint density at radius 3 is 2.27 bits per heavy atom. The summed E-state index contributed by atoms with van der Waals surface area (Å²) in [6, 6.07) is 0. The Hall–Kier alpha value is -1.38. The number of rotatable bonds is 3. The fourth-order valence-corrected chi connectivity index (χ4v) is 0.549.